The zero-order valence-electron chi connectivity index (χ0n) is 21.4. The van der Waals surface area contributed by atoms with Crippen molar-refractivity contribution in [1.29, 1.82) is 0 Å². The van der Waals surface area contributed by atoms with Crippen molar-refractivity contribution < 1.29 is 16.8 Å². The number of fused-ring (bicyclic) bond motifs is 2. The van der Waals surface area contributed by atoms with E-state index in [1.807, 2.05) is 44.2 Å². The van der Waals surface area contributed by atoms with Crippen LogP contribution in [0.1, 0.15) is 23.6 Å². The van der Waals surface area contributed by atoms with E-state index in [9.17, 15) is 16.8 Å². The Bertz CT molecular complexity index is 1850. The number of aromatic nitrogens is 1. The van der Waals surface area contributed by atoms with Crippen molar-refractivity contribution in [1.82, 2.24) is 8.28 Å². The monoisotopic (exact) mass is 544 g/mol. The average Bonchev–Trinajstić information content (AvgIpc) is 3.22. The molecule has 1 saturated heterocycles. The Morgan fingerprint density at radius 2 is 1.39 bits per heavy atom. The maximum atomic E-state index is 13.5. The summed E-state index contributed by atoms with van der Waals surface area (Å²) in [5, 5.41) is 0.749. The Morgan fingerprint density at radius 3 is 2.03 bits per heavy atom. The summed E-state index contributed by atoms with van der Waals surface area (Å²) in [5.74, 6) is 7.08. The van der Waals surface area contributed by atoms with Crippen LogP contribution in [0.4, 0.5) is 0 Å². The molecule has 0 radical (unpaired) electrons. The molecule has 0 N–H and O–H groups in total. The Kier molecular flexibility index (Phi) is 5.62. The molecule has 0 spiro atoms. The molecule has 6 rings (SSSR count). The van der Waals surface area contributed by atoms with Crippen LogP contribution in [-0.4, -0.2) is 38.2 Å². The molecular formula is C30H28N2O4S2. The van der Waals surface area contributed by atoms with E-state index in [2.05, 4.69) is 18.8 Å². The van der Waals surface area contributed by atoms with Crippen LogP contribution in [0.5, 0.6) is 0 Å². The highest BCUT2D eigenvalue weighted by atomic mass is 32.2. The molecule has 1 aromatic heterocycles. The summed E-state index contributed by atoms with van der Waals surface area (Å²) in [6.45, 7) is 6.73. The summed E-state index contributed by atoms with van der Waals surface area (Å²) in [7, 11) is -7.42. The molecular weight excluding hydrogens is 516 g/mol. The fourth-order valence-corrected chi connectivity index (χ4v) is 8.52. The molecule has 0 unspecified atom stereocenters. The molecule has 3 atom stereocenters. The Morgan fingerprint density at radius 1 is 0.816 bits per heavy atom. The summed E-state index contributed by atoms with van der Waals surface area (Å²) < 4.78 is 56.4. The smallest absolute Gasteiger partial charge is 0.240 e. The predicted molar refractivity (Wildman–Crippen MR) is 148 cm³/mol. The van der Waals surface area contributed by atoms with Gasteiger partial charge in [-0.1, -0.05) is 72.4 Å². The molecule has 0 bridgehead atoms. The van der Waals surface area contributed by atoms with Crippen LogP contribution >= 0.6 is 0 Å². The second kappa shape index (κ2) is 8.57. The van der Waals surface area contributed by atoms with Crippen LogP contribution in [0.3, 0.4) is 0 Å². The van der Waals surface area contributed by atoms with Gasteiger partial charge in [0.25, 0.3) is 10.0 Å². The Hall–Kier alpha value is -3.38. The van der Waals surface area contributed by atoms with E-state index in [0.29, 0.717) is 29.1 Å². The van der Waals surface area contributed by atoms with E-state index in [1.54, 1.807) is 53.0 Å². The summed E-state index contributed by atoms with van der Waals surface area (Å²) in [5.41, 5.74) is 2.73. The van der Waals surface area contributed by atoms with Crippen LogP contribution in [0, 0.1) is 42.9 Å². The van der Waals surface area contributed by atoms with Gasteiger partial charge < -0.3 is 0 Å². The van der Waals surface area contributed by atoms with Crippen molar-refractivity contribution in [3.8, 4) is 11.8 Å². The normalized spacial score (nSPS) is 23.1. The number of hydrogen-bond donors (Lipinski definition) is 0. The number of benzene rings is 3. The number of rotatable bonds is 4. The van der Waals surface area contributed by atoms with Crippen LogP contribution in [0.25, 0.3) is 10.9 Å². The van der Waals surface area contributed by atoms with Gasteiger partial charge in [-0.15, -0.1) is 0 Å². The first-order chi connectivity index (χ1) is 18.0. The molecule has 2 aliphatic rings. The van der Waals surface area contributed by atoms with E-state index in [4.69, 9.17) is 0 Å². The van der Waals surface area contributed by atoms with Gasteiger partial charge in [-0.2, -0.15) is 4.31 Å². The third-order valence-corrected chi connectivity index (χ3v) is 11.7. The lowest BCUT2D eigenvalue weighted by molar-refractivity contribution is 0.402. The molecule has 2 heterocycles. The lowest BCUT2D eigenvalue weighted by Gasteiger charge is -2.20. The first kappa shape index (κ1) is 24.9. The summed E-state index contributed by atoms with van der Waals surface area (Å²) in [6.07, 6.45) is 1.58. The molecule has 1 saturated carbocycles. The molecule has 2 fully saturated rings. The molecule has 6 nitrogen and oxygen atoms in total. The molecule has 4 aromatic rings. The van der Waals surface area contributed by atoms with Gasteiger partial charge in [0, 0.05) is 24.7 Å². The Labute approximate surface area is 224 Å². The minimum absolute atomic E-state index is 0.153. The largest absolute Gasteiger partial charge is 0.268 e. The highest BCUT2D eigenvalue weighted by molar-refractivity contribution is 7.90. The van der Waals surface area contributed by atoms with Crippen molar-refractivity contribution >= 4 is 30.9 Å². The maximum Gasteiger partial charge on any atom is 0.268 e. The fourth-order valence-electron chi connectivity index (χ4n) is 5.63. The van der Waals surface area contributed by atoms with Crippen molar-refractivity contribution in [2.24, 2.45) is 17.3 Å². The number of piperidine rings is 1. The Balaban J connectivity index is 1.36. The second-order valence-corrected chi connectivity index (χ2v) is 14.2. The van der Waals surface area contributed by atoms with Gasteiger partial charge in [-0.05, 0) is 56.0 Å². The van der Waals surface area contributed by atoms with Gasteiger partial charge in [0.05, 0.1) is 26.3 Å². The highest BCUT2D eigenvalue weighted by Crippen LogP contribution is 2.63. The second-order valence-electron chi connectivity index (χ2n) is 10.5. The van der Waals surface area contributed by atoms with Crippen LogP contribution in [0.15, 0.2) is 88.8 Å². The zero-order valence-corrected chi connectivity index (χ0v) is 23.1. The number of nitrogens with zero attached hydrogens (tertiary/aromatic N) is 2. The van der Waals surface area contributed by atoms with E-state index in [1.165, 1.54) is 3.97 Å². The molecule has 8 heteroatoms. The van der Waals surface area contributed by atoms with Gasteiger partial charge in [0.2, 0.25) is 10.0 Å². The summed E-state index contributed by atoms with van der Waals surface area (Å²) in [4.78, 5) is 0.509. The lowest BCUT2D eigenvalue weighted by Crippen LogP contribution is -2.33. The molecule has 3 aromatic carbocycles. The number of sulfonamides is 1. The van der Waals surface area contributed by atoms with E-state index in [0.717, 1.165) is 16.5 Å². The number of aryl methyl sites for hydroxylation is 2. The molecule has 194 valence electrons. The van der Waals surface area contributed by atoms with Crippen molar-refractivity contribution in [2.75, 3.05) is 13.1 Å². The zero-order chi connectivity index (χ0) is 26.9. The number of para-hydroxylation sites is 1. The molecule has 1 aliphatic carbocycles. The quantitative estimate of drug-likeness (QED) is 0.346. The number of hydrogen-bond acceptors (Lipinski definition) is 4. The van der Waals surface area contributed by atoms with Gasteiger partial charge >= 0.3 is 0 Å². The van der Waals surface area contributed by atoms with Crippen LogP contribution in [0.2, 0.25) is 0 Å². The predicted octanol–water partition coefficient (Wildman–Crippen LogP) is 4.80. The molecule has 38 heavy (non-hydrogen) atoms. The van der Waals surface area contributed by atoms with Gasteiger partial charge in [-0.25, -0.2) is 20.8 Å². The van der Waals surface area contributed by atoms with E-state index in [-0.39, 0.29) is 16.7 Å². The summed E-state index contributed by atoms with van der Waals surface area (Å²) in [6, 6.07) is 21.0. The summed E-state index contributed by atoms with van der Waals surface area (Å²) >= 11 is 0. The van der Waals surface area contributed by atoms with E-state index >= 15 is 0 Å². The highest BCUT2D eigenvalue weighted by Gasteiger charge is 2.67. The standard InChI is InChI=1S/C30H28N2O4S2/c1-21-8-12-25(13-9-21)37(33,34)31-19-28-23(3)30(28,20-31)17-16-24-18-32(29-7-5-4-6-27(24)29)38(35,36)26-14-10-22(2)11-15-26/h4-15,18,23,28H,19-20H2,1-3H3/t23-,28-,30+/m0/s1. The van der Waals surface area contributed by atoms with Crippen LogP contribution < -0.4 is 0 Å². The molecule has 0 amide bonds. The average molecular weight is 545 g/mol. The maximum absolute atomic E-state index is 13.5. The van der Waals surface area contributed by atoms with E-state index < -0.39 is 25.5 Å². The van der Waals surface area contributed by atoms with Gasteiger partial charge in [-0.3, -0.25) is 0 Å². The third-order valence-electron chi connectivity index (χ3n) is 8.15. The SMILES string of the molecule is Cc1ccc(S(=O)(=O)N2C[C@H]3[C@H](C)[C@@]3(C#Cc3cn(S(=O)(=O)c4ccc(C)cc4)c4ccccc34)C2)cc1. The third kappa shape index (κ3) is 3.80. The van der Waals surface area contributed by atoms with Crippen LogP contribution in [-0.2, 0) is 20.0 Å². The van der Waals surface area contributed by atoms with Gasteiger partial charge in [0.15, 0.2) is 0 Å². The first-order valence-corrected chi connectivity index (χ1v) is 15.4. The topological polar surface area (TPSA) is 76.5 Å². The van der Waals surface area contributed by atoms with Crippen molar-refractivity contribution in [3.05, 3.63) is 95.7 Å². The fraction of sp³-hybridized carbons (Fsp3) is 0.267. The molecule has 1 aliphatic heterocycles. The first-order valence-electron chi connectivity index (χ1n) is 12.6. The minimum atomic E-state index is -3.81. The van der Waals surface area contributed by atoms with Crippen molar-refractivity contribution in [3.63, 3.8) is 0 Å². The van der Waals surface area contributed by atoms with Crippen molar-refractivity contribution in [2.45, 2.75) is 30.6 Å². The lowest BCUT2D eigenvalue weighted by atomic mass is 10.0. The minimum Gasteiger partial charge on any atom is -0.240 e. The van der Waals surface area contributed by atoms with Gasteiger partial charge in [0.1, 0.15) is 0 Å².